The lowest BCUT2D eigenvalue weighted by molar-refractivity contribution is -0.116. The Morgan fingerprint density at radius 2 is 2.04 bits per heavy atom. The van der Waals surface area contributed by atoms with Gasteiger partial charge in [-0.15, -0.1) is 0 Å². The van der Waals surface area contributed by atoms with Crippen LogP contribution in [0.5, 0.6) is 0 Å². The average molecular weight is 404 g/mol. The Hall–Kier alpha value is -1.40. The summed E-state index contributed by atoms with van der Waals surface area (Å²) in [5, 5.41) is 8.31. The number of hydrogen-bond donors (Lipinski definition) is 1. The molecule has 146 valence electrons. The third kappa shape index (κ3) is 5.79. The van der Waals surface area contributed by atoms with E-state index in [1.54, 1.807) is 0 Å². The number of benzene rings is 1. The van der Waals surface area contributed by atoms with Gasteiger partial charge in [-0.3, -0.25) is 9.48 Å². The minimum atomic E-state index is 0.121. The van der Waals surface area contributed by atoms with Gasteiger partial charge in [0.25, 0.3) is 0 Å². The van der Waals surface area contributed by atoms with Crippen molar-refractivity contribution in [2.24, 2.45) is 7.05 Å². The van der Waals surface area contributed by atoms with E-state index in [4.69, 9.17) is 0 Å². The summed E-state index contributed by atoms with van der Waals surface area (Å²) in [6.45, 7) is 4.16. The van der Waals surface area contributed by atoms with Gasteiger partial charge in [0.1, 0.15) is 0 Å². The van der Waals surface area contributed by atoms with Gasteiger partial charge in [0.15, 0.2) is 0 Å². The number of nitrogens with one attached hydrogen (secondary N) is 1. The molecule has 6 heteroatoms. The molecule has 1 fully saturated rings. The van der Waals surface area contributed by atoms with Crippen LogP contribution in [0, 0.1) is 13.8 Å². The molecule has 1 aromatic carbocycles. The third-order valence-electron chi connectivity index (χ3n) is 5.18. The highest BCUT2D eigenvalue weighted by Crippen LogP contribution is 2.39. The fourth-order valence-electron chi connectivity index (χ4n) is 3.43. The number of rotatable bonds is 8. The molecule has 27 heavy (non-hydrogen) atoms. The first-order valence-corrected chi connectivity index (χ1v) is 12.1. The molecule has 2 aromatic rings. The zero-order valence-corrected chi connectivity index (χ0v) is 18.1. The molecule has 1 amide bonds. The van der Waals surface area contributed by atoms with Crippen molar-refractivity contribution in [3.63, 3.8) is 0 Å². The van der Waals surface area contributed by atoms with E-state index in [9.17, 15) is 4.79 Å². The molecule has 0 radical (unpaired) electrons. The summed E-state index contributed by atoms with van der Waals surface area (Å²) in [5.74, 6) is 1.40. The molecule has 0 bridgehead atoms. The normalized spacial score (nSPS) is 16.6. The van der Waals surface area contributed by atoms with Crippen LogP contribution in [0.25, 0.3) is 0 Å². The monoisotopic (exact) mass is 403 g/mol. The molecule has 0 spiro atoms. The lowest BCUT2D eigenvalue weighted by atomic mass is 10.0. The lowest BCUT2D eigenvalue weighted by Crippen LogP contribution is -2.11. The maximum atomic E-state index is 12.1. The standard InChI is InChI=1S/C21H29N3OS2/c1-15-20(16(2)24(3)23-15)14-17-8-10-18(11-9-17)22-21(25)7-5-4-6-19-12-13-26-27-19/h8-11,19H,4-7,12-14H2,1-3H3,(H,22,25)/t19-/m0/s1. The third-order valence-corrected chi connectivity index (χ3v) is 8.19. The first-order valence-electron chi connectivity index (χ1n) is 9.69. The zero-order chi connectivity index (χ0) is 19.2. The number of unbranched alkanes of at least 4 members (excludes halogenated alkanes) is 1. The molecule has 1 saturated heterocycles. The van der Waals surface area contributed by atoms with E-state index in [0.29, 0.717) is 6.42 Å². The summed E-state index contributed by atoms with van der Waals surface area (Å²) in [6, 6.07) is 8.19. The summed E-state index contributed by atoms with van der Waals surface area (Å²) in [6.07, 6.45) is 6.18. The summed E-state index contributed by atoms with van der Waals surface area (Å²) >= 11 is 0. The number of carbonyl (C=O) groups excluding carboxylic acids is 1. The summed E-state index contributed by atoms with van der Waals surface area (Å²) < 4.78 is 1.93. The van der Waals surface area contributed by atoms with Crippen LogP contribution in [0.4, 0.5) is 5.69 Å². The first kappa shape index (κ1) is 20.3. The number of nitrogens with zero attached hydrogens (tertiary/aromatic N) is 2. The Morgan fingerprint density at radius 1 is 1.26 bits per heavy atom. The van der Waals surface area contributed by atoms with Crippen molar-refractivity contribution in [1.82, 2.24) is 9.78 Å². The van der Waals surface area contributed by atoms with E-state index in [1.165, 1.54) is 35.4 Å². The van der Waals surface area contributed by atoms with Crippen LogP contribution in [-0.4, -0.2) is 26.7 Å². The van der Waals surface area contributed by atoms with Crippen molar-refractivity contribution in [3.05, 3.63) is 46.8 Å². The smallest absolute Gasteiger partial charge is 0.224 e. The van der Waals surface area contributed by atoms with Crippen LogP contribution in [0.3, 0.4) is 0 Å². The van der Waals surface area contributed by atoms with Crippen LogP contribution in [0.1, 0.15) is 54.6 Å². The van der Waals surface area contributed by atoms with Gasteiger partial charge in [-0.05, 0) is 50.8 Å². The molecule has 0 unspecified atom stereocenters. The van der Waals surface area contributed by atoms with Gasteiger partial charge in [-0.2, -0.15) is 5.10 Å². The molecule has 1 aromatic heterocycles. The van der Waals surface area contributed by atoms with E-state index in [1.807, 2.05) is 45.5 Å². The Balaban J connectivity index is 1.43. The highest BCUT2D eigenvalue weighted by Gasteiger charge is 2.16. The van der Waals surface area contributed by atoms with E-state index < -0.39 is 0 Å². The highest BCUT2D eigenvalue weighted by atomic mass is 33.1. The topological polar surface area (TPSA) is 46.9 Å². The quantitative estimate of drug-likeness (QED) is 0.481. The molecular weight excluding hydrogens is 374 g/mol. The van der Waals surface area contributed by atoms with Crippen LogP contribution >= 0.6 is 21.6 Å². The number of amides is 1. The first-order chi connectivity index (χ1) is 13.0. The van der Waals surface area contributed by atoms with Gasteiger partial charge in [0.05, 0.1) is 5.69 Å². The SMILES string of the molecule is Cc1nn(C)c(C)c1Cc1ccc(NC(=O)CCCC[C@H]2CCSS2)cc1. The van der Waals surface area contributed by atoms with Crippen molar-refractivity contribution in [2.45, 2.75) is 57.6 Å². The molecule has 4 nitrogen and oxygen atoms in total. The van der Waals surface area contributed by atoms with Crippen LogP contribution < -0.4 is 5.32 Å². The molecule has 1 aliphatic rings. The molecule has 1 aliphatic heterocycles. The van der Waals surface area contributed by atoms with Gasteiger partial charge in [-0.25, -0.2) is 0 Å². The molecule has 1 N–H and O–H groups in total. The van der Waals surface area contributed by atoms with Crippen LogP contribution in [0.15, 0.2) is 24.3 Å². The second kappa shape index (κ2) is 9.69. The predicted octanol–water partition coefficient (Wildman–Crippen LogP) is 5.28. The van der Waals surface area contributed by atoms with Crippen molar-refractivity contribution in [1.29, 1.82) is 0 Å². The predicted molar refractivity (Wildman–Crippen MR) is 117 cm³/mol. The van der Waals surface area contributed by atoms with Gasteiger partial charge in [-0.1, -0.05) is 40.1 Å². The number of hydrogen-bond acceptors (Lipinski definition) is 4. The van der Waals surface area contributed by atoms with E-state index in [0.717, 1.165) is 35.9 Å². The largest absolute Gasteiger partial charge is 0.326 e. The maximum Gasteiger partial charge on any atom is 0.224 e. The molecular formula is C21H29N3OS2. The van der Waals surface area contributed by atoms with Crippen molar-refractivity contribution in [2.75, 3.05) is 11.1 Å². The lowest BCUT2D eigenvalue weighted by Gasteiger charge is -2.08. The maximum absolute atomic E-state index is 12.1. The fraction of sp³-hybridized carbons (Fsp3) is 0.524. The zero-order valence-electron chi connectivity index (χ0n) is 16.5. The van der Waals surface area contributed by atoms with E-state index in [2.05, 4.69) is 36.4 Å². The van der Waals surface area contributed by atoms with Gasteiger partial charge < -0.3 is 5.32 Å². The highest BCUT2D eigenvalue weighted by molar-refractivity contribution is 8.77. The fourth-order valence-corrected chi connectivity index (χ4v) is 6.46. The molecule has 2 heterocycles. The Bertz CT molecular complexity index is 764. The van der Waals surface area contributed by atoms with Crippen LogP contribution in [0.2, 0.25) is 0 Å². The summed E-state index contributed by atoms with van der Waals surface area (Å²) in [5.41, 5.74) is 5.69. The minimum absolute atomic E-state index is 0.121. The Morgan fingerprint density at radius 3 is 2.67 bits per heavy atom. The number of aryl methyl sites for hydroxylation is 2. The van der Waals surface area contributed by atoms with Crippen molar-refractivity contribution < 1.29 is 4.79 Å². The Labute approximate surface area is 170 Å². The van der Waals surface area contributed by atoms with Crippen molar-refractivity contribution >= 4 is 33.2 Å². The number of anilines is 1. The van der Waals surface area contributed by atoms with E-state index >= 15 is 0 Å². The molecule has 0 saturated carbocycles. The molecule has 0 aliphatic carbocycles. The van der Waals surface area contributed by atoms with Crippen LogP contribution in [-0.2, 0) is 18.3 Å². The number of carbonyl (C=O) groups is 1. The second-order valence-corrected chi connectivity index (χ2v) is 10.1. The Kier molecular flexibility index (Phi) is 7.30. The second-order valence-electron chi connectivity index (χ2n) is 7.27. The summed E-state index contributed by atoms with van der Waals surface area (Å²) in [4.78, 5) is 12.1. The van der Waals surface area contributed by atoms with Crippen molar-refractivity contribution in [3.8, 4) is 0 Å². The molecule has 3 rings (SSSR count). The van der Waals surface area contributed by atoms with Gasteiger partial charge >= 0.3 is 0 Å². The molecule has 1 atom stereocenters. The summed E-state index contributed by atoms with van der Waals surface area (Å²) in [7, 11) is 5.99. The van der Waals surface area contributed by atoms with E-state index in [-0.39, 0.29) is 5.91 Å². The number of aromatic nitrogens is 2. The average Bonchev–Trinajstić information content (AvgIpc) is 3.24. The van der Waals surface area contributed by atoms with Gasteiger partial charge in [0, 0.05) is 47.8 Å². The van der Waals surface area contributed by atoms with Gasteiger partial charge in [0.2, 0.25) is 5.91 Å². The minimum Gasteiger partial charge on any atom is -0.326 e.